The molecule has 0 bridgehead atoms. The van der Waals surface area contributed by atoms with Crippen LogP contribution in [0.5, 0.6) is 5.75 Å². The van der Waals surface area contributed by atoms with Crippen molar-refractivity contribution >= 4 is 68.3 Å². The first-order valence-corrected chi connectivity index (χ1v) is 13.9. The van der Waals surface area contributed by atoms with E-state index >= 15 is 0 Å². The van der Waals surface area contributed by atoms with Gasteiger partial charge in [0.15, 0.2) is 4.34 Å². The minimum Gasteiger partial charge on any atom is -0.497 e. The molecule has 1 aromatic carbocycles. The van der Waals surface area contributed by atoms with E-state index in [4.69, 9.17) is 14.2 Å². The van der Waals surface area contributed by atoms with Gasteiger partial charge >= 0.3 is 11.9 Å². The van der Waals surface area contributed by atoms with Crippen LogP contribution >= 0.6 is 34.4 Å². The van der Waals surface area contributed by atoms with Crippen molar-refractivity contribution in [3.8, 4) is 5.75 Å². The average Bonchev–Trinajstić information content (AvgIpc) is 3.47. The van der Waals surface area contributed by atoms with E-state index in [1.165, 1.54) is 7.11 Å². The summed E-state index contributed by atoms with van der Waals surface area (Å²) in [5.41, 5.74) is 0.888. The summed E-state index contributed by atoms with van der Waals surface area (Å²) in [4.78, 5) is 50.6. The molecule has 3 aromatic rings. The van der Waals surface area contributed by atoms with Crippen molar-refractivity contribution < 1.29 is 33.4 Å². The van der Waals surface area contributed by atoms with Gasteiger partial charge in [-0.3, -0.25) is 14.9 Å². The highest BCUT2D eigenvalue weighted by molar-refractivity contribution is 8.02. The molecule has 0 spiro atoms. The highest BCUT2D eigenvalue weighted by atomic mass is 32.2. The van der Waals surface area contributed by atoms with Gasteiger partial charge in [0.2, 0.25) is 11.0 Å². The number of thioether (sulfide) groups is 1. The van der Waals surface area contributed by atoms with Gasteiger partial charge in [-0.25, -0.2) is 9.59 Å². The van der Waals surface area contributed by atoms with E-state index in [0.717, 1.165) is 34.4 Å². The van der Waals surface area contributed by atoms with Crippen LogP contribution in [-0.4, -0.2) is 59.5 Å². The monoisotopic (exact) mass is 578 g/mol. The van der Waals surface area contributed by atoms with Crippen molar-refractivity contribution in [2.24, 2.45) is 0 Å². The molecule has 1 atom stereocenters. The Balaban J connectivity index is 1.69. The zero-order chi connectivity index (χ0) is 27.8. The van der Waals surface area contributed by atoms with Gasteiger partial charge in [-0.15, -0.1) is 21.5 Å². The van der Waals surface area contributed by atoms with Gasteiger partial charge < -0.3 is 19.5 Å². The number of thiophene rings is 1. The maximum absolute atomic E-state index is 13.0. The normalized spacial score (nSPS) is 11.4. The number of amides is 2. The van der Waals surface area contributed by atoms with E-state index < -0.39 is 23.1 Å². The molecule has 2 heterocycles. The third-order valence-electron chi connectivity index (χ3n) is 4.93. The number of hydrogen-bond acceptors (Lipinski definition) is 12. The van der Waals surface area contributed by atoms with Crippen LogP contribution in [0.25, 0.3) is 0 Å². The lowest BCUT2D eigenvalue weighted by Crippen LogP contribution is -2.23. The zero-order valence-corrected chi connectivity index (χ0v) is 23.7. The van der Waals surface area contributed by atoms with Crippen molar-refractivity contribution in [3.63, 3.8) is 0 Å². The lowest BCUT2D eigenvalue weighted by molar-refractivity contribution is -0.115. The predicted octanol–water partition coefficient (Wildman–Crippen LogP) is 4.64. The fourth-order valence-electron chi connectivity index (χ4n) is 3.10. The van der Waals surface area contributed by atoms with Crippen LogP contribution in [0, 0.1) is 6.92 Å². The topological polar surface area (TPSA) is 146 Å². The van der Waals surface area contributed by atoms with Crippen LogP contribution in [0.4, 0.5) is 10.1 Å². The summed E-state index contributed by atoms with van der Waals surface area (Å²) >= 11 is 3.20. The fourth-order valence-corrected chi connectivity index (χ4v) is 6.08. The molecule has 2 aromatic heterocycles. The maximum atomic E-state index is 13.0. The minimum atomic E-state index is -0.645. The Labute approximate surface area is 231 Å². The number of nitrogens with one attached hydrogen (secondary N) is 2. The molecule has 3 rings (SSSR count). The molecular formula is C24H26N4O7S3. The molecule has 0 saturated carbocycles. The lowest BCUT2D eigenvalue weighted by atomic mass is 10.1. The molecule has 2 amide bonds. The number of anilines is 2. The predicted molar refractivity (Wildman–Crippen MR) is 146 cm³/mol. The molecule has 38 heavy (non-hydrogen) atoms. The van der Waals surface area contributed by atoms with Crippen LogP contribution in [0.1, 0.15) is 56.7 Å². The van der Waals surface area contributed by atoms with Gasteiger partial charge in [-0.05, 0) is 51.5 Å². The number of nitrogens with zero attached hydrogens (tertiary/aromatic N) is 2. The van der Waals surface area contributed by atoms with E-state index in [2.05, 4.69) is 20.8 Å². The summed E-state index contributed by atoms with van der Waals surface area (Å²) in [6.45, 7) is 6.91. The second kappa shape index (κ2) is 13.3. The Morgan fingerprint density at radius 2 is 1.74 bits per heavy atom. The molecule has 14 heteroatoms. The number of hydrogen-bond donors (Lipinski definition) is 2. The first-order valence-electron chi connectivity index (χ1n) is 11.4. The fraction of sp³-hybridized carbons (Fsp3) is 0.333. The lowest BCUT2D eigenvalue weighted by Gasteiger charge is -2.10. The van der Waals surface area contributed by atoms with Crippen LogP contribution in [0.2, 0.25) is 0 Å². The maximum Gasteiger partial charge on any atom is 0.348 e. The first kappa shape index (κ1) is 29.1. The van der Waals surface area contributed by atoms with Crippen LogP contribution < -0.4 is 15.4 Å². The largest absolute Gasteiger partial charge is 0.497 e. The van der Waals surface area contributed by atoms with Crippen LogP contribution in [-0.2, 0) is 14.3 Å². The molecule has 0 fully saturated rings. The van der Waals surface area contributed by atoms with Crippen LogP contribution in [0.15, 0.2) is 28.6 Å². The third kappa shape index (κ3) is 7.08. The number of carbonyl (C=O) groups is 4. The molecule has 2 N–H and O–H groups in total. The molecule has 0 aliphatic carbocycles. The Morgan fingerprint density at radius 1 is 1.03 bits per heavy atom. The molecule has 1 unspecified atom stereocenters. The quantitative estimate of drug-likeness (QED) is 0.187. The van der Waals surface area contributed by atoms with Gasteiger partial charge in [0.25, 0.3) is 5.91 Å². The number of esters is 2. The van der Waals surface area contributed by atoms with Gasteiger partial charge in [0, 0.05) is 5.56 Å². The SMILES string of the molecule is CCOC(=O)c1sc(NC(=O)C(C)Sc2nnc(NC(=O)c3cccc(OC)c3)s2)c(C(=O)OCC)c1C. The zero-order valence-electron chi connectivity index (χ0n) is 21.3. The van der Waals surface area contributed by atoms with Gasteiger partial charge in [-0.2, -0.15) is 0 Å². The number of ether oxygens (including phenoxy) is 3. The number of carbonyl (C=O) groups excluding carboxylic acids is 4. The molecule has 0 radical (unpaired) electrons. The van der Waals surface area contributed by atoms with E-state index in [0.29, 0.717) is 21.2 Å². The number of benzene rings is 1. The Kier molecular flexibility index (Phi) is 10.2. The van der Waals surface area contributed by atoms with Gasteiger partial charge in [0.05, 0.1) is 31.1 Å². The van der Waals surface area contributed by atoms with E-state index in [9.17, 15) is 19.2 Å². The highest BCUT2D eigenvalue weighted by Crippen LogP contribution is 2.36. The molecule has 11 nitrogen and oxygen atoms in total. The van der Waals surface area contributed by atoms with Crippen molar-refractivity contribution in [3.05, 3.63) is 45.8 Å². The summed E-state index contributed by atoms with van der Waals surface area (Å²) in [5.74, 6) is -1.48. The molecule has 0 saturated heterocycles. The average molecular weight is 579 g/mol. The smallest absolute Gasteiger partial charge is 0.348 e. The number of methoxy groups -OCH3 is 1. The van der Waals surface area contributed by atoms with Crippen molar-refractivity contribution in [1.29, 1.82) is 0 Å². The molecule has 202 valence electrons. The van der Waals surface area contributed by atoms with E-state index in [1.54, 1.807) is 52.0 Å². The number of rotatable bonds is 11. The van der Waals surface area contributed by atoms with Crippen molar-refractivity contribution in [1.82, 2.24) is 10.2 Å². The standard InChI is InChI=1S/C24H26N4O7S3/c1-6-34-21(31)16-12(3)17(22(32)35-7-2)37-20(16)25-18(29)13(4)36-24-28-27-23(38-24)26-19(30)14-9-8-10-15(11-14)33-5/h8-11,13H,6-7H2,1-5H3,(H,25,29)(H,26,27,30). The Morgan fingerprint density at radius 3 is 2.42 bits per heavy atom. The van der Waals surface area contributed by atoms with Gasteiger partial charge in [-0.1, -0.05) is 29.2 Å². The summed E-state index contributed by atoms with van der Waals surface area (Å²) in [7, 11) is 1.51. The van der Waals surface area contributed by atoms with Crippen LogP contribution in [0.3, 0.4) is 0 Å². The van der Waals surface area contributed by atoms with Crippen molar-refractivity contribution in [2.75, 3.05) is 31.0 Å². The molecule has 0 aliphatic heterocycles. The minimum absolute atomic E-state index is 0.115. The van der Waals surface area contributed by atoms with E-state index in [1.807, 2.05) is 0 Å². The number of aromatic nitrogens is 2. The summed E-state index contributed by atoms with van der Waals surface area (Å²) in [6, 6.07) is 6.68. The summed E-state index contributed by atoms with van der Waals surface area (Å²) in [6.07, 6.45) is 0. The second-order valence-electron chi connectivity index (χ2n) is 7.51. The Bertz CT molecular complexity index is 1340. The Hall–Kier alpha value is -3.49. The van der Waals surface area contributed by atoms with Gasteiger partial charge in [0.1, 0.15) is 15.6 Å². The summed E-state index contributed by atoms with van der Waals surface area (Å²) in [5, 5.41) is 13.2. The summed E-state index contributed by atoms with van der Waals surface area (Å²) < 4.78 is 15.8. The molecular weight excluding hydrogens is 552 g/mol. The highest BCUT2D eigenvalue weighted by Gasteiger charge is 2.28. The molecule has 0 aliphatic rings. The third-order valence-corrected chi connectivity index (χ3v) is 8.14. The second-order valence-corrected chi connectivity index (χ2v) is 11.1. The van der Waals surface area contributed by atoms with Crippen molar-refractivity contribution in [2.45, 2.75) is 37.3 Å². The first-order chi connectivity index (χ1) is 18.2. The van der Waals surface area contributed by atoms with E-state index in [-0.39, 0.29) is 39.7 Å².